The zero-order valence-corrected chi connectivity index (χ0v) is 12.8. The van der Waals surface area contributed by atoms with Gasteiger partial charge in [-0.1, -0.05) is 17.7 Å². The van der Waals surface area contributed by atoms with Gasteiger partial charge in [-0.05, 0) is 43.5 Å². The van der Waals surface area contributed by atoms with Gasteiger partial charge in [0.1, 0.15) is 0 Å². The van der Waals surface area contributed by atoms with Gasteiger partial charge in [0.05, 0.1) is 16.8 Å². The third-order valence-corrected chi connectivity index (χ3v) is 3.88. The normalized spacial score (nSPS) is 16.6. The summed E-state index contributed by atoms with van der Waals surface area (Å²) < 4.78 is 5.65. The molecule has 4 nitrogen and oxygen atoms in total. The maximum Gasteiger partial charge on any atom is 0.328 e. The summed E-state index contributed by atoms with van der Waals surface area (Å²) in [6.45, 7) is 4.63. The molecule has 0 atom stereocenters. The number of ether oxygens (including phenoxy) is 1. The first-order chi connectivity index (χ1) is 10.1. The number of hydrogen-bond acceptors (Lipinski definition) is 3. The molecule has 5 heteroatoms. The Morgan fingerprint density at radius 1 is 1.48 bits per heavy atom. The summed E-state index contributed by atoms with van der Waals surface area (Å²) in [4.78, 5) is 12.8. The fourth-order valence-electron chi connectivity index (χ4n) is 2.55. The van der Waals surface area contributed by atoms with E-state index in [1.54, 1.807) is 12.1 Å². The largest absolute Gasteiger partial charge is 0.478 e. The van der Waals surface area contributed by atoms with Crippen molar-refractivity contribution in [1.82, 2.24) is 0 Å². The minimum absolute atomic E-state index is 0.350. The number of halogens is 1. The van der Waals surface area contributed by atoms with Crippen LogP contribution in [0.2, 0.25) is 5.02 Å². The monoisotopic (exact) mass is 309 g/mol. The van der Waals surface area contributed by atoms with Crippen molar-refractivity contribution >= 4 is 29.3 Å². The van der Waals surface area contributed by atoms with Crippen LogP contribution in [0.4, 0.5) is 5.69 Å². The first kappa shape index (κ1) is 15.9. The molecule has 0 radical (unpaired) electrons. The summed E-state index contributed by atoms with van der Waals surface area (Å²) in [5, 5.41) is 9.28. The third kappa shape index (κ3) is 4.48. The number of aliphatic carboxylic acids is 1. The molecule has 21 heavy (non-hydrogen) atoms. The van der Waals surface area contributed by atoms with Crippen molar-refractivity contribution in [3.05, 3.63) is 34.9 Å². The fraction of sp³-hybridized carbons (Fsp3) is 0.438. The zero-order chi connectivity index (χ0) is 15.2. The van der Waals surface area contributed by atoms with Crippen LogP contribution in [0, 0.1) is 0 Å². The van der Waals surface area contributed by atoms with Gasteiger partial charge in [0.15, 0.2) is 0 Å². The number of carbonyl (C=O) groups is 1. The lowest BCUT2D eigenvalue weighted by Crippen LogP contribution is -2.37. The summed E-state index contributed by atoms with van der Waals surface area (Å²) in [5.41, 5.74) is 1.79. The molecule has 1 fully saturated rings. The van der Waals surface area contributed by atoms with E-state index in [1.807, 2.05) is 19.1 Å². The van der Waals surface area contributed by atoms with Gasteiger partial charge in [-0.15, -0.1) is 0 Å². The number of carboxylic acids is 1. The summed E-state index contributed by atoms with van der Waals surface area (Å²) in [5.74, 6) is -0.965. The Labute approximate surface area is 130 Å². The Morgan fingerprint density at radius 3 is 2.76 bits per heavy atom. The highest BCUT2D eigenvalue weighted by Gasteiger charge is 2.20. The molecule has 1 aliphatic heterocycles. The lowest BCUT2D eigenvalue weighted by atomic mass is 10.1. The van der Waals surface area contributed by atoms with E-state index < -0.39 is 5.97 Å². The van der Waals surface area contributed by atoms with Gasteiger partial charge in [-0.25, -0.2) is 4.79 Å². The molecular formula is C16H20ClNO3. The molecule has 114 valence electrons. The van der Waals surface area contributed by atoms with Crippen molar-refractivity contribution in [2.24, 2.45) is 0 Å². The van der Waals surface area contributed by atoms with E-state index in [2.05, 4.69) is 4.90 Å². The van der Waals surface area contributed by atoms with Crippen molar-refractivity contribution in [3.63, 3.8) is 0 Å². The molecule has 0 amide bonds. The van der Waals surface area contributed by atoms with Crippen molar-refractivity contribution in [2.75, 3.05) is 24.6 Å². The van der Waals surface area contributed by atoms with Crippen molar-refractivity contribution in [2.45, 2.75) is 25.9 Å². The molecule has 1 aromatic carbocycles. The van der Waals surface area contributed by atoms with E-state index in [1.165, 1.54) is 0 Å². The average Bonchev–Trinajstić information content (AvgIpc) is 2.47. The topological polar surface area (TPSA) is 49.8 Å². The molecule has 2 rings (SSSR count). The number of carboxylic acid groups (broad SMARTS) is 1. The van der Waals surface area contributed by atoms with Crippen molar-refractivity contribution < 1.29 is 14.6 Å². The van der Waals surface area contributed by atoms with Gasteiger partial charge in [0.25, 0.3) is 0 Å². The first-order valence-electron chi connectivity index (χ1n) is 7.17. The van der Waals surface area contributed by atoms with E-state index >= 15 is 0 Å². The third-order valence-electron chi connectivity index (χ3n) is 3.58. The summed E-state index contributed by atoms with van der Waals surface area (Å²) in [6.07, 6.45) is 5.01. The SMILES string of the molecule is CCOC1CCN(c2ccc(/C=C/C(=O)O)cc2Cl)CC1. The van der Waals surface area contributed by atoms with Crippen LogP contribution in [-0.2, 0) is 9.53 Å². The second kappa shape index (κ2) is 7.48. The molecule has 1 aliphatic rings. The Morgan fingerprint density at radius 2 is 2.19 bits per heavy atom. The van der Waals surface area contributed by atoms with Gasteiger partial charge >= 0.3 is 5.97 Å². The maximum atomic E-state index is 10.5. The van der Waals surface area contributed by atoms with E-state index in [0.717, 1.165) is 49.9 Å². The van der Waals surface area contributed by atoms with Crippen LogP contribution in [-0.4, -0.2) is 36.9 Å². The molecule has 0 bridgehead atoms. The van der Waals surface area contributed by atoms with Crippen LogP contribution in [0.5, 0.6) is 0 Å². The van der Waals surface area contributed by atoms with Crippen molar-refractivity contribution in [3.8, 4) is 0 Å². The Hall–Kier alpha value is -1.52. The van der Waals surface area contributed by atoms with Gasteiger partial charge in [0, 0.05) is 25.8 Å². The predicted molar refractivity (Wildman–Crippen MR) is 85.0 cm³/mol. The maximum absolute atomic E-state index is 10.5. The minimum atomic E-state index is -0.965. The van der Waals surface area contributed by atoms with E-state index in [4.69, 9.17) is 21.4 Å². The number of hydrogen-bond donors (Lipinski definition) is 1. The second-order valence-electron chi connectivity index (χ2n) is 5.02. The van der Waals surface area contributed by atoms with Gasteiger partial charge in [0.2, 0.25) is 0 Å². The van der Waals surface area contributed by atoms with Gasteiger partial charge < -0.3 is 14.7 Å². The molecule has 1 saturated heterocycles. The van der Waals surface area contributed by atoms with Crippen LogP contribution in [0.15, 0.2) is 24.3 Å². The quantitative estimate of drug-likeness (QED) is 0.846. The van der Waals surface area contributed by atoms with E-state index in [0.29, 0.717) is 11.1 Å². The Bertz CT molecular complexity index is 522. The van der Waals surface area contributed by atoms with E-state index in [-0.39, 0.29) is 0 Å². The highest BCUT2D eigenvalue weighted by Crippen LogP contribution is 2.30. The molecule has 0 saturated carbocycles. The Kier molecular flexibility index (Phi) is 5.65. The number of benzene rings is 1. The molecule has 0 spiro atoms. The summed E-state index contributed by atoms with van der Waals surface area (Å²) in [7, 11) is 0. The number of piperidine rings is 1. The molecule has 1 heterocycles. The average molecular weight is 310 g/mol. The first-order valence-corrected chi connectivity index (χ1v) is 7.55. The molecule has 1 aromatic rings. The lowest BCUT2D eigenvalue weighted by Gasteiger charge is -2.34. The van der Waals surface area contributed by atoms with Gasteiger partial charge in [-0.3, -0.25) is 0 Å². The summed E-state index contributed by atoms with van der Waals surface area (Å²) >= 11 is 6.32. The van der Waals surface area contributed by atoms with E-state index in [9.17, 15) is 4.79 Å². The molecule has 0 aliphatic carbocycles. The number of nitrogens with zero attached hydrogens (tertiary/aromatic N) is 1. The molecular weight excluding hydrogens is 290 g/mol. The smallest absolute Gasteiger partial charge is 0.328 e. The fourth-order valence-corrected chi connectivity index (χ4v) is 2.86. The standard InChI is InChI=1S/C16H20ClNO3/c1-2-21-13-7-9-18(10-8-13)15-5-3-12(11-14(15)17)4-6-16(19)20/h3-6,11,13H,2,7-10H2,1H3,(H,19,20)/b6-4+. The minimum Gasteiger partial charge on any atom is -0.478 e. The van der Waals surface area contributed by atoms with Gasteiger partial charge in [-0.2, -0.15) is 0 Å². The predicted octanol–water partition coefficient (Wildman–Crippen LogP) is 3.44. The van der Waals surface area contributed by atoms with Crippen LogP contribution in [0.25, 0.3) is 6.08 Å². The van der Waals surface area contributed by atoms with Crippen LogP contribution in [0.3, 0.4) is 0 Å². The molecule has 1 N–H and O–H groups in total. The van der Waals surface area contributed by atoms with Crippen LogP contribution in [0.1, 0.15) is 25.3 Å². The Balaban J connectivity index is 2.03. The lowest BCUT2D eigenvalue weighted by molar-refractivity contribution is -0.131. The van der Waals surface area contributed by atoms with Crippen LogP contribution >= 0.6 is 11.6 Å². The zero-order valence-electron chi connectivity index (χ0n) is 12.1. The second-order valence-corrected chi connectivity index (χ2v) is 5.43. The number of anilines is 1. The van der Waals surface area contributed by atoms with Crippen molar-refractivity contribution in [1.29, 1.82) is 0 Å². The molecule has 0 unspecified atom stereocenters. The summed E-state index contributed by atoms with van der Waals surface area (Å²) in [6, 6.07) is 5.63. The number of rotatable bonds is 5. The molecule has 0 aromatic heterocycles. The highest BCUT2D eigenvalue weighted by atomic mass is 35.5. The highest BCUT2D eigenvalue weighted by molar-refractivity contribution is 6.33. The van der Waals surface area contributed by atoms with Crippen LogP contribution < -0.4 is 4.90 Å².